The monoisotopic (exact) mass is 1460 g/mol. The number of carbonyl (C=O) groups is 4. The summed E-state index contributed by atoms with van der Waals surface area (Å²) in [6.45, 7) is 4.29. The number of ether oxygens (including phenoxy) is 4. The average molecular weight is 1470 g/mol. The van der Waals surface area contributed by atoms with Crippen LogP contribution < -0.4 is 0 Å². The molecule has 0 saturated heterocycles. The summed E-state index contributed by atoms with van der Waals surface area (Å²) in [5.41, 5.74) is 0. The molecule has 0 aromatic carbocycles. The van der Waals surface area contributed by atoms with Crippen LogP contribution in [0.15, 0.2) is 170 Å². The van der Waals surface area contributed by atoms with Gasteiger partial charge in [-0.1, -0.05) is 294 Å². The van der Waals surface area contributed by atoms with Crippen LogP contribution in [0.2, 0.25) is 0 Å². The summed E-state index contributed by atoms with van der Waals surface area (Å²) in [4.78, 5) is 72.8. The van der Waals surface area contributed by atoms with E-state index in [2.05, 4.69) is 155 Å². The molecule has 0 radical (unpaired) electrons. The first-order chi connectivity index (χ1) is 49.7. The molecule has 0 rings (SSSR count). The Morgan fingerprint density at radius 1 is 0.294 bits per heavy atom. The second kappa shape index (κ2) is 73.7. The summed E-state index contributed by atoms with van der Waals surface area (Å²) in [5, 5.41) is 10.6. The van der Waals surface area contributed by atoms with Gasteiger partial charge in [-0.2, -0.15) is 0 Å². The van der Waals surface area contributed by atoms with Gasteiger partial charge in [0.15, 0.2) is 12.2 Å². The highest BCUT2D eigenvalue weighted by Gasteiger charge is 2.30. The zero-order valence-corrected chi connectivity index (χ0v) is 64.8. The van der Waals surface area contributed by atoms with Gasteiger partial charge in [-0.05, 0) is 122 Å². The van der Waals surface area contributed by atoms with Crippen LogP contribution in [-0.2, 0) is 65.4 Å². The lowest BCUT2D eigenvalue weighted by atomic mass is 10.1. The number of rotatable bonds is 70. The van der Waals surface area contributed by atoms with Crippen LogP contribution in [0.25, 0.3) is 0 Å². The maximum atomic E-state index is 13.1. The number of phosphoric ester groups is 2. The molecule has 0 saturated carbocycles. The fourth-order valence-corrected chi connectivity index (χ4v) is 11.1. The number of hydrogen-bond acceptors (Lipinski definition) is 15. The van der Waals surface area contributed by atoms with Crippen LogP contribution in [0.5, 0.6) is 0 Å². The summed E-state index contributed by atoms with van der Waals surface area (Å²) < 4.78 is 68.2. The normalized spacial score (nSPS) is 14.9. The van der Waals surface area contributed by atoms with Crippen molar-refractivity contribution in [2.24, 2.45) is 0 Å². The summed E-state index contributed by atoms with van der Waals surface area (Å²) in [7, 11) is -10.0. The van der Waals surface area contributed by atoms with E-state index in [0.717, 1.165) is 148 Å². The smallest absolute Gasteiger partial charge is 0.462 e. The highest BCUT2D eigenvalue weighted by molar-refractivity contribution is 7.47. The van der Waals surface area contributed by atoms with Gasteiger partial charge in [0.25, 0.3) is 0 Å². The summed E-state index contributed by atoms with van der Waals surface area (Å²) in [6.07, 6.45) is 86.8. The quantitative estimate of drug-likeness (QED) is 0.0169. The number of esters is 4. The summed E-state index contributed by atoms with van der Waals surface area (Å²) in [6, 6.07) is 0. The highest BCUT2D eigenvalue weighted by atomic mass is 31.2. The van der Waals surface area contributed by atoms with E-state index in [1.54, 1.807) is 12.2 Å². The second-order valence-electron chi connectivity index (χ2n) is 24.8. The van der Waals surface area contributed by atoms with Gasteiger partial charge in [0.05, 0.1) is 32.8 Å². The van der Waals surface area contributed by atoms with E-state index < -0.39 is 97.5 Å². The lowest BCUT2D eigenvalue weighted by Crippen LogP contribution is -2.30. The predicted octanol–water partition coefficient (Wildman–Crippen LogP) is 22.2. The fraction of sp³-hybridized carbons (Fsp3) is 0.614. The molecule has 17 nitrogen and oxygen atoms in total. The molecular formula is C83H134O17P2. The van der Waals surface area contributed by atoms with Gasteiger partial charge in [-0.3, -0.25) is 37.3 Å². The number of allylic oxidation sites excluding steroid dienone is 27. The van der Waals surface area contributed by atoms with E-state index in [1.165, 1.54) is 38.5 Å². The molecule has 19 heteroatoms. The topological polar surface area (TPSA) is 237 Å². The van der Waals surface area contributed by atoms with Crippen LogP contribution >= 0.6 is 15.6 Å². The average Bonchev–Trinajstić information content (AvgIpc) is 0.939. The summed E-state index contributed by atoms with van der Waals surface area (Å²) >= 11 is 0. The zero-order chi connectivity index (χ0) is 74.6. The van der Waals surface area contributed by atoms with Crippen molar-refractivity contribution in [3.63, 3.8) is 0 Å². The molecule has 0 aliphatic rings. The first-order valence-corrected chi connectivity index (χ1v) is 41.4. The Labute approximate surface area is 616 Å². The third kappa shape index (κ3) is 72.8. The van der Waals surface area contributed by atoms with Gasteiger partial charge in [0.2, 0.25) is 0 Å². The Kier molecular flexibility index (Phi) is 69.7. The molecule has 102 heavy (non-hydrogen) atoms. The largest absolute Gasteiger partial charge is 0.472 e. The van der Waals surface area contributed by atoms with E-state index in [1.807, 2.05) is 30.4 Å². The molecule has 0 spiro atoms. The second-order valence-corrected chi connectivity index (χ2v) is 27.7. The Bertz CT molecular complexity index is 2600. The zero-order valence-electron chi connectivity index (χ0n) is 63.0. The van der Waals surface area contributed by atoms with Gasteiger partial charge < -0.3 is 33.8 Å². The minimum atomic E-state index is -5.02. The molecule has 578 valence electrons. The molecule has 5 atom stereocenters. The van der Waals surface area contributed by atoms with E-state index in [9.17, 15) is 43.2 Å². The first-order valence-electron chi connectivity index (χ1n) is 38.4. The minimum Gasteiger partial charge on any atom is -0.462 e. The Hall–Kier alpha value is -5.58. The van der Waals surface area contributed by atoms with Crippen molar-refractivity contribution in [1.82, 2.24) is 0 Å². The van der Waals surface area contributed by atoms with Crippen LogP contribution in [0.4, 0.5) is 0 Å². The number of phosphoric acid groups is 2. The molecule has 0 fully saturated rings. The molecule has 0 aliphatic heterocycles. The molecule has 5 unspecified atom stereocenters. The van der Waals surface area contributed by atoms with Crippen LogP contribution in [0, 0.1) is 0 Å². The van der Waals surface area contributed by atoms with Crippen LogP contribution in [-0.4, -0.2) is 96.7 Å². The van der Waals surface area contributed by atoms with Crippen LogP contribution in [0.1, 0.15) is 272 Å². The summed E-state index contributed by atoms with van der Waals surface area (Å²) in [5.74, 6) is -2.44. The van der Waals surface area contributed by atoms with Crippen molar-refractivity contribution in [2.75, 3.05) is 39.6 Å². The lowest BCUT2D eigenvalue weighted by molar-refractivity contribution is -0.161. The van der Waals surface area contributed by atoms with E-state index in [0.29, 0.717) is 32.1 Å². The van der Waals surface area contributed by atoms with Crippen molar-refractivity contribution in [2.45, 2.75) is 290 Å². The van der Waals surface area contributed by atoms with Gasteiger partial charge in [-0.15, -0.1) is 0 Å². The first kappa shape index (κ1) is 96.4. The lowest BCUT2D eigenvalue weighted by Gasteiger charge is -2.21. The highest BCUT2D eigenvalue weighted by Crippen LogP contribution is 2.45. The number of carbonyl (C=O) groups excluding carboxylic acids is 4. The third-order valence-electron chi connectivity index (χ3n) is 15.2. The number of unbranched alkanes of at least 4 members (excludes halogenated alkanes) is 17. The maximum Gasteiger partial charge on any atom is 0.472 e. The van der Waals surface area contributed by atoms with Gasteiger partial charge in [0.1, 0.15) is 19.3 Å². The Balaban J connectivity index is 5.47. The van der Waals surface area contributed by atoms with Crippen molar-refractivity contribution >= 4 is 39.5 Å². The third-order valence-corrected chi connectivity index (χ3v) is 17.1. The molecule has 0 aromatic heterocycles. The number of aliphatic hydroxyl groups is 1. The molecule has 0 heterocycles. The standard InChI is InChI=1S/C83H134O17P2/c1-5-9-13-17-21-25-29-32-35-37-38-40-43-45-49-52-56-60-64-68-81(86)94-74-79(100-83(88)70-66-62-58-54-50-46-41-34-31-27-23-19-15-11-7-3)76-98-102(91,92)96-72-77(84)71-95-101(89,90)97-75-78(99-82(87)69-65-61-57-53-47-28-24-20-16-12-8-4)73-93-80(85)67-63-59-55-51-48-44-42-39-36-33-30-26-22-18-14-10-6-2/h9-11,13-15,21-23,25-27,32-36,38,40-41,45,49-50,54,56,60,62,66,77-79,84H,5-8,12,16-20,24,28-31,37,39,42-44,46-48,51-53,55,57-59,61,63-65,67-76H2,1-4H3,(H,89,90)(H,91,92)/b13-9-,14-10-,15-11-,25-21-,26-22-,27-23-,35-32-,36-33-,40-38-,41-34-,49-45-,54-50-,60-56-,66-62-. The number of aliphatic hydroxyl groups excluding tert-OH is 1. The van der Waals surface area contributed by atoms with E-state index in [4.69, 9.17) is 37.0 Å². The fourth-order valence-electron chi connectivity index (χ4n) is 9.51. The minimum absolute atomic E-state index is 0.0109. The van der Waals surface area contributed by atoms with E-state index in [-0.39, 0.29) is 25.7 Å². The van der Waals surface area contributed by atoms with Gasteiger partial charge in [0, 0.05) is 19.3 Å². The molecule has 3 N–H and O–H groups in total. The van der Waals surface area contributed by atoms with Crippen molar-refractivity contribution in [3.05, 3.63) is 170 Å². The molecular weight excluding hydrogens is 1330 g/mol. The molecule has 0 aromatic rings. The van der Waals surface area contributed by atoms with Crippen molar-refractivity contribution in [3.8, 4) is 0 Å². The predicted molar refractivity (Wildman–Crippen MR) is 417 cm³/mol. The maximum absolute atomic E-state index is 13.1. The van der Waals surface area contributed by atoms with E-state index >= 15 is 0 Å². The number of hydrogen-bond donors (Lipinski definition) is 3. The van der Waals surface area contributed by atoms with Crippen molar-refractivity contribution < 1.29 is 80.2 Å². The molecule has 0 aliphatic carbocycles. The molecule has 0 bridgehead atoms. The van der Waals surface area contributed by atoms with Gasteiger partial charge >= 0.3 is 39.5 Å². The Morgan fingerprint density at radius 3 is 0.931 bits per heavy atom. The van der Waals surface area contributed by atoms with Crippen LogP contribution in [0.3, 0.4) is 0 Å². The SMILES string of the molecule is CC/C=C\C/C=C\C/C=C\C/C=C\C/C=C\C/C=C\CCC(=O)OCC(COP(=O)(O)OCC(O)COP(=O)(O)OCC(COC(=O)CCCCCCCCC/C=C\C/C=C\C/C=C\CC)OC(=O)CCCCCCCCCCCCC)OC(=O)C/C=C\C/C=C\C/C=C\C/C=C\C/C=C\CC. The van der Waals surface area contributed by atoms with Crippen molar-refractivity contribution in [1.29, 1.82) is 0 Å². The Morgan fingerprint density at radius 2 is 0.569 bits per heavy atom. The van der Waals surface area contributed by atoms with Gasteiger partial charge in [-0.25, -0.2) is 9.13 Å². The molecule has 0 amide bonds.